The number of fused-ring (bicyclic) bond motifs is 2. The van der Waals surface area contributed by atoms with E-state index in [9.17, 15) is 13.2 Å². The number of hydrogen-bond donors (Lipinski definition) is 2. The van der Waals surface area contributed by atoms with Crippen molar-refractivity contribution in [3.63, 3.8) is 0 Å². The number of H-pyrrole nitrogens is 2. The van der Waals surface area contributed by atoms with Gasteiger partial charge in [0, 0.05) is 60.0 Å². The van der Waals surface area contributed by atoms with Crippen molar-refractivity contribution in [3.8, 4) is 11.4 Å². The molecule has 2 aromatic heterocycles. The lowest BCUT2D eigenvalue weighted by Crippen LogP contribution is -2.48. The summed E-state index contributed by atoms with van der Waals surface area (Å²) in [5, 5.41) is 9.55. The third-order valence-electron chi connectivity index (χ3n) is 6.79. The smallest absolute Gasteiger partial charge is 0.253 e. The van der Waals surface area contributed by atoms with Crippen molar-refractivity contribution in [2.24, 2.45) is 0 Å². The molecular formula is C27H25N5O3S. The Kier molecular flexibility index (Phi) is 5.30. The van der Waals surface area contributed by atoms with Crippen molar-refractivity contribution in [3.05, 3.63) is 78.4 Å². The first-order valence-corrected chi connectivity index (χ1v) is 13.7. The number of para-hydroxylation sites is 1. The van der Waals surface area contributed by atoms with E-state index in [4.69, 9.17) is 0 Å². The van der Waals surface area contributed by atoms with Crippen LogP contribution in [-0.4, -0.2) is 66.8 Å². The number of hydrogen-bond acceptors (Lipinski definition) is 5. The molecule has 8 nitrogen and oxygen atoms in total. The van der Waals surface area contributed by atoms with Crippen LogP contribution in [0.4, 0.5) is 5.69 Å². The summed E-state index contributed by atoms with van der Waals surface area (Å²) >= 11 is 0. The number of carbonyl (C=O) groups is 1. The van der Waals surface area contributed by atoms with Crippen LogP contribution in [0.15, 0.2) is 77.7 Å². The van der Waals surface area contributed by atoms with Gasteiger partial charge in [0.2, 0.25) is 0 Å². The van der Waals surface area contributed by atoms with E-state index in [1.165, 1.54) is 6.26 Å². The molecule has 2 N–H and O–H groups in total. The van der Waals surface area contributed by atoms with Crippen LogP contribution < -0.4 is 4.90 Å². The second-order valence-electron chi connectivity index (χ2n) is 9.15. The summed E-state index contributed by atoms with van der Waals surface area (Å²) in [6.45, 7) is 2.57. The molecule has 1 aliphatic heterocycles. The molecule has 3 heterocycles. The number of benzene rings is 3. The number of aromatic nitrogens is 3. The third-order valence-corrected chi connectivity index (χ3v) is 7.92. The van der Waals surface area contributed by atoms with Crippen molar-refractivity contribution >= 4 is 43.2 Å². The van der Waals surface area contributed by atoms with Crippen LogP contribution in [0, 0.1) is 0 Å². The minimum absolute atomic E-state index is 0.0111. The van der Waals surface area contributed by atoms with E-state index in [1.54, 1.807) is 12.1 Å². The standard InChI is InChI=1S/C27H25N5O3S/c1-36(34,35)21-9-7-20(8-10-21)31-12-14-32(15-13-31)27(33)18-6-11-23-19(16-18)17-25(28-23)26-22-4-2-3-5-24(22)29-30-26/h2-11,16-17,28H,12-15H2,1H3,(H,29,30). The van der Waals surface area contributed by atoms with Gasteiger partial charge in [-0.05, 0) is 54.6 Å². The second kappa shape index (κ2) is 8.53. The van der Waals surface area contributed by atoms with Crippen molar-refractivity contribution in [1.29, 1.82) is 0 Å². The molecule has 0 bridgehead atoms. The molecule has 3 aromatic carbocycles. The number of anilines is 1. The molecule has 1 fully saturated rings. The Morgan fingerprint density at radius 1 is 0.889 bits per heavy atom. The number of carbonyl (C=O) groups excluding carboxylic acids is 1. The van der Waals surface area contributed by atoms with Crippen LogP contribution in [0.3, 0.4) is 0 Å². The Labute approximate surface area is 208 Å². The van der Waals surface area contributed by atoms with Crippen molar-refractivity contribution in [2.45, 2.75) is 4.90 Å². The summed E-state index contributed by atoms with van der Waals surface area (Å²) in [7, 11) is -3.22. The highest BCUT2D eigenvalue weighted by atomic mass is 32.2. The molecule has 6 rings (SSSR count). The lowest BCUT2D eigenvalue weighted by molar-refractivity contribution is 0.0747. The zero-order valence-corrected chi connectivity index (χ0v) is 20.5. The number of sulfone groups is 1. The van der Waals surface area contributed by atoms with Gasteiger partial charge in [0.05, 0.1) is 16.1 Å². The summed E-state index contributed by atoms with van der Waals surface area (Å²) in [5.74, 6) is 0.0111. The van der Waals surface area contributed by atoms with Gasteiger partial charge < -0.3 is 14.8 Å². The fourth-order valence-electron chi connectivity index (χ4n) is 4.82. The highest BCUT2D eigenvalue weighted by Gasteiger charge is 2.23. The number of rotatable bonds is 4. The van der Waals surface area contributed by atoms with Gasteiger partial charge in [0.25, 0.3) is 5.91 Å². The average molecular weight is 500 g/mol. The molecular weight excluding hydrogens is 474 g/mol. The van der Waals surface area contributed by atoms with Crippen molar-refractivity contribution in [2.75, 3.05) is 37.3 Å². The monoisotopic (exact) mass is 499 g/mol. The molecule has 0 unspecified atom stereocenters. The first kappa shape index (κ1) is 22.4. The van der Waals surface area contributed by atoms with Crippen molar-refractivity contribution < 1.29 is 13.2 Å². The fraction of sp³-hybridized carbons (Fsp3) is 0.185. The van der Waals surface area contributed by atoms with Crippen LogP contribution in [-0.2, 0) is 9.84 Å². The minimum Gasteiger partial charge on any atom is -0.368 e. The first-order valence-electron chi connectivity index (χ1n) is 11.8. The normalized spacial score (nSPS) is 14.6. The van der Waals surface area contributed by atoms with E-state index in [0.29, 0.717) is 36.6 Å². The Morgan fingerprint density at radius 3 is 2.39 bits per heavy atom. The molecule has 0 aliphatic carbocycles. The molecule has 0 spiro atoms. The van der Waals surface area contributed by atoms with E-state index in [-0.39, 0.29) is 5.91 Å². The molecule has 1 saturated heterocycles. The topological polar surface area (TPSA) is 102 Å². The number of amides is 1. The van der Waals surface area contributed by atoms with Gasteiger partial charge in [-0.2, -0.15) is 5.10 Å². The van der Waals surface area contributed by atoms with Crippen LogP contribution in [0.25, 0.3) is 33.2 Å². The van der Waals surface area contributed by atoms with E-state index in [2.05, 4.69) is 20.1 Å². The quantitative estimate of drug-likeness (QED) is 0.388. The molecule has 1 aliphatic rings. The number of aromatic amines is 2. The highest BCUT2D eigenvalue weighted by molar-refractivity contribution is 7.90. The predicted octanol–water partition coefficient (Wildman–Crippen LogP) is 4.08. The molecule has 0 atom stereocenters. The Morgan fingerprint density at radius 2 is 1.64 bits per heavy atom. The van der Waals surface area contributed by atoms with Crippen LogP contribution in [0.2, 0.25) is 0 Å². The van der Waals surface area contributed by atoms with E-state index >= 15 is 0 Å². The summed E-state index contributed by atoms with van der Waals surface area (Å²) in [6.07, 6.45) is 1.21. The number of piperazine rings is 1. The lowest BCUT2D eigenvalue weighted by Gasteiger charge is -2.36. The number of nitrogens with one attached hydrogen (secondary N) is 2. The maximum atomic E-state index is 13.3. The van der Waals surface area contributed by atoms with Gasteiger partial charge in [-0.1, -0.05) is 18.2 Å². The second-order valence-corrected chi connectivity index (χ2v) is 11.2. The largest absolute Gasteiger partial charge is 0.368 e. The molecule has 36 heavy (non-hydrogen) atoms. The van der Waals surface area contributed by atoms with E-state index in [0.717, 1.165) is 38.9 Å². The molecule has 0 radical (unpaired) electrons. The van der Waals surface area contributed by atoms with Crippen molar-refractivity contribution in [1.82, 2.24) is 20.1 Å². The van der Waals surface area contributed by atoms with Gasteiger partial charge in [-0.3, -0.25) is 9.89 Å². The zero-order valence-electron chi connectivity index (χ0n) is 19.7. The SMILES string of the molecule is CS(=O)(=O)c1ccc(N2CCN(C(=O)c3ccc4[nH]c(-c5n[nH]c6ccccc56)cc4c3)CC2)cc1. The lowest BCUT2D eigenvalue weighted by atomic mass is 10.1. The highest BCUT2D eigenvalue weighted by Crippen LogP contribution is 2.29. The molecule has 5 aromatic rings. The van der Waals surface area contributed by atoms with Gasteiger partial charge >= 0.3 is 0 Å². The first-order chi connectivity index (χ1) is 17.4. The Bertz CT molecular complexity index is 1690. The zero-order chi connectivity index (χ0) is 24.9. The van der Waals surface area contributed by atoms with Crippen LogP contribution >= 0.6 is 0 Å². The van der Waals surface area contributed by atoms with Crippen LogP contribution in [0.5, 0.6) is 0 Å². The Hall–Kier alpha value is -4.11. The van der Waals surface area contributed by atoms with Gasteiger partial charge in [-0.25, -0.2) is 8.42 Å². The summed E-state index contributed by atoms with van der Waals surface area (Å²) in [5.41, 5.74) is 5.31. The third kappa shape index (κ3) is 4.01. The maximum absolute atomic E-state index is 13.3. The Balaban J connectivity index is 1.17. The van der Waals surface area contributed by atoms with Gasteiger partial charge in [0.1, 0.15) is 5.69 Å². The van der Waals surface area contributed by atoms with E-state index in [1.807, 2.05) is 65.6 Å². The van der Waals surface area contributed by atoms with Gasteiger partial charge in [0.15, 0.2) is 9.84 Å². The molecule has 0 saturated carbocycles. The molecule has 9 heteroatoms. The predicted molar refractivity (Wildman–Crippen MR) is 141 cm³/mol. The maximum Gasteiger partial charge on any atom is 0.253 e. The van der Waals surface area contributed by atoms with Crippen LogP contribution in [0.1, 0.15) is 10.4 Å². The summed E-state index contributed by atoms with van der Waals surface area (Å²) in [6, 6.07) is 22.7. The summed E-state index contributed by atoms with van der Waals surface area (Å²) < 4.78 is 23.4. The average Bonchev–Trinajstić information content (AvgIpc) is 3.51. The van der Waals surface area contributed by atoms with Gasteiger partial charge in [-0.15, -0.1) is 0 Å². The molecule has 182 valence electrons. The fourth-order valence-corrected chi connectivity index (χ4v) is 5.45. The minimum atomic E-state index is -3.22. The van der Waals surface area contributed by atoms with E-state index < -0.39 is 9.84 Å². The summed E-state index contributed by atoms with van der Waals surface area (Å²) in [4.78, 5) is 21.0. The molecule has 1 amide bonds. The number of nitrogens with zero attached hydrogens (tertiary/aromatic N) is 3.